The van der Waals surface area contributed by atoms with Crippen LogP contribution in [0.15, 0.2) is 24.3 Å². The van der Waals surface area contributed by atoms with E-state index in [0.29, 0.717) is 24.4 Å². The quantitative estimate of drug-likeness (QED) is 0.792. The molecule has 2 aliphatic carbocycles. The molecule has 1 aromatic rings. The molecule has 0 aliphatic heterocycles. The second-order valence-electron chi connectivity index (χ2n) is 6.21. The van der Waals surface area contributed by atoms with Gasteiger partial charge in [0.2, 0.25) is 5.91 Å². The van der Waals surface area contributed by atoms with E-state index in [9.17, 15) is 4.79 Å². The summed E-state index contributed by atoms with van der Waals surface area (Å²) in [7, 11) is 0. The van der Waals surface area contributed by atoms with Crippen LogP contribution in [-0.2, 0) is 11.2 Å². The highest BCUT2D eigenvalue weighted by Gasteiger charge is 2.41. The Labute approximate surface area is 115 Å². The Morgan fingerprint density at radius 3 is 2.53 bits per heavy atom. The number of carbonyl (C=O) groups excluding carboxylic acids is 1. The van der Waals surface area contributed by atoms with Crippen LogP contribution in [0.1, 0.15) is 43.7 Å². The minimum absolute atomic E-state index is 0.330. The van der Waals surface area contributed by atoms with Gasteiger partial charge in [0.25, 0.3) is 0 Å². The number of amides is 1. The van der Waals surface area contributed by atoms with Crippen molar-refractivity contribution in [3.8, 4) is 0 Å². The summed E-state index contributed by atoms with van der Waals surface area (Å²) in [6.45, 7) is 4.33. The highest BCUT2D eigenvalue weighted by Crippen LogP contribution is 2.40. The van der Waals surface area contributed by atoms with Crippen molar-refractivity contribution in [1.82, 2.24) is 4.90 Å². The maximum Gasteiger partial charge on any atom is 0.227 e. The average Bonchev–Trinajstić information content (AvgIpc) is 3.26. The summed E-state index contributed by atoms with van der Waals surface area (Å²) in [5, 5.41) is 0. The molecule has 2 saturated carbocycles. The first-order chi connectivity index (χ1) is 9.16. The van der Waals surface area contributed by atoms with Crippen LogP contribution in [0.3, 0.4) is 0 Å². The molecule has 1 aromatic carbocycles. The predicted molar refractivity (Wildman–Crippen MR) is 76.9 cm³/mol. The van der Waals surface area contributed by atoms with Crippen molar-refractivity contribution in [1.29, 1.82) is 0 Å². The van der Waals surface area contributed by atoms with Gasteiger partial charge in [0, 0.05) is 12.1 Å². The Balaban J connectivity index is 1.72. The van der Waals surface area contributed by atoms with Gasteiger partial charge in [0.1, 0.15) is 0 Å². The molecule has 2 aliphatic rings. The molecule has 0 N–H and O–H groups in total. The Kier molecular flexibility index (Phi) is 3.34. The van der Waals surface area contributed by atoms with Gasteiger partial charge in [-0.25, -0.2) is 0 Å². The Bertz CT molecular complexity index is 474. The standard InChI is InChI=1S/C17H23NO/c1-12-5-3-4-6-15(12)11-17(19)18(16-9-10-16)13(2)14-7-8-14/h3-6,13-14,16H,7-11H2,1-2H3. The molecular formula is C17H23NO. The first kappa shape index (κ1) is 12.7. The first-order valence-corrected chi connectivity index (χ1v) is 7.52. The fourth-order valence-electron chi connectivity index (χ4n) is 2.98. The highest BCUT2D eigenvalue weighted by molar-refractivity contribution is 5.80. The Hall–Kier alpha value is -1.31. The van der Waals surface area contributed by atoms with Crippen molar-refractivity contribution >= 4 is 5.91 Å². The number of rotatable bonds is 5. The lowest BCUT2D eigenvalue weighted by atomic mass is 10.0. The van der Waals surface area contributed by atoms with E-state index in [2.05, 4.69) is 30.9 Å². The molecule has 0 saturated heterocycles. The van der Waals surface area contributed by atoms with E-state index in [-0.39, 0.29) is 0 Å². The summed E-state index contributed by atoms with van der Waals surface area (Å²) < 4.78 is 0. The van der Waals surface area contributed by atoms with Gasteiger partial charge in [0.15, 0.2) is 0 Å². The molecule has 19 heavy (non-hydrogen) atoms. The summed E-state index contributed by atoms with van der Waals surface area (Å²) in [6.07, 6.45) is 5.59. The monoisotopic (exact) mass is 257 g/mol. The van der Waals surface area contributed by atoms with E-state index in [4.69, 9.17) is 0 Å². The fourth-order valence-corrected chi connectivity index (χ4v) is 2.98. The minimum Gasteiger partial charge on any atom is -0.336 e. The zero-order valence-electron chi connectivity index (χ0n) is 11.9. The lowest BCUT2D eigenvalue weighted by Gasteiger charge is -2.30. The van der Waals surface area contributed by atoms with Crippen LogP contribution in [0.25, 0.3) is 0 Å². The summed E-state index contributed by atoms with van der Waals surface area (Å²) >= 11 is 0. The van der Waals surface area contributed by atoms with E-state index in [1.54, 1.807) is 0 Å². The summed E-state index contributed by atoms with van der Waals surface area (Å²) in [5.74, 6) is 1.10. The lowest BCUT2D eigenvalue weighted by Crippen LogP contribution is -2.42. The van der Waals surface area contributed by atoms with Gasteiger partial charge in [-0.2, -0.15) is 0 Å². The van der Waals surface area contributed by atoms with E-state index >= 15 is 0 Å². The highest BCUT2D eigenvalue weighted by atomic mass is 16.2. The van der Waals surface area contributed by atoms with Crippen LogP contribution < -0.4 is 0 Å². The average molecular weight is 257 g/mol. The summed E-state index contributed by atoms with van der Waals surface area (Å²) in [4.78, 5) is 14.8. The van der Waals surface area contributed by atoms with Gasteiger partial charge in [-0.1, -0.05) is 24.3 Å². The zero-order valence-corrected chi connectivity index (χ0v) is 11.9. The fraction of sp³-hybridized carbons (Fsp3) is 0.588. The van der Waals surface area contributed by atoms with Crippen LogP contribution in [0.4, 0.5) is 0 Å². The van der Waals surface area contributed by atoms with Crippen LogP contribution in [-0.4, -0.2) is 22.9 Å². The van der Waals surface area contributed by atoms with E-state index in [1.807, 2.05) is 12.1 Å². The molecule has 2 heteroatoms. The van der Waals surface area contributed by atoms with E-state index < -0.39 is 0 Å². The lowest BCUT2D eigenvalue weighted by molar-refractivity contribution is -0.133. The molecule has 0 bridgehead atoms. The molecule has 0 heterocycles. The van der Waals surface area contributed by atoms with E-state index in [0.717, 1.165) is 5.92 Å². The SMILES string of the molecule is Cc1ccccc1CC(=O)N(C1CC1)C(C)C1CC1. The number of carbonyl (C=O) groups is 1. The molecule has 1 amide bonds. The van der Waals surface area contributed by atoms with Crippen LogP contribution in [0.5, 0.6) is 0 Å². The van der Waals surface area contributed by atoms with Gasteiger partial charge >= 0.3 is 0 Å². The number of nitrogens with zero attached hydrogens (tertiary/aromatic N) is 1. The number of aryl methyl sites for hydroxylation is 1. The molecule has 102 valence electrons. The van der Waals surface area contributed by atoms with Crippen LogP contribution >= 0.6 is 0 Å². The van der Waals surface area contributed by atoms with Crippen LogP contribution in [0, 0.1) is 12.8 Å². The molecular weight excluding hydrogens is 234 g/mol. The molecule has 0 spiro atoms. The Morgan fingerprint density at radius 1 is 1.26 bits per heavy atom. The second-order valence-corrected chi connectivity index (χ2v) is 6.21. The molecule has 2 nitrogen and oxygen atoms in total. The van der Waals surface area contributed by atoms with E-state index in [1.165, 1.54) is 36.8 Å². The molecule has 0 radical (unpaired) electrons. The summed E-state index contributed by atoms with van der Waals surface area (Å²) in [6, 6.07) is 9.22. The molecule has 0 aromatic heterocycles. The molecule has 1 unspecified atom stereocenters. The van der Waals surface area contributed by atoms with Gasteiger partial charge < -0.3 is 4.90 Å². The molecule has 2 fully saturated rings. The van der Waals surface area contributed by atoms with Gasteiger partial charge in [0.05, 0.1) is 6.42 Å². The largest absolute Gasteiger partial charge is 0.336 e. The second kappa shape index (κ2) is 4.99. The first-order valence-electron chi connectivity index (χ1n) is 7.52. The maximum absolute atomic E-state index is 12.6. The van der Waals surface area contributed by atoms with Crippen molar-refractivity contribution in [3.63, 3.8) is 0 Å². The van der Waals surface area contributed by atoms with Crippen molar-refractivity contribution in [2.75, 3.05) is 0 Å². The van der Waals surface area contributed by atoms with Crippen molar-refractivity contribution in [2.45, 2.75) is 58.0 Å². The smallest absolute Gasteiger partial charge is 0.227 e. The number of hydrogen-bond acceptors (Lipinski definition) is 1. The zero-order chi connectivity index (χ0) is 13.4. The third-order valence-electron chi connectivity index (χ3n) is 4.57. The van der Waals surface area contributed by atoms with Gasteiger partial charge in [-0.15, -0.1) is 0 Å². The van der Waals surface area contributed by atoms with Crippen molar-refractivity contribution < 1.29 is 4.79 Å². The predicted octanol–water partition coefficient (Wildman–Crippen LogP) is 3.33. The normalized spacial score (nSPS) is 20.1. The minimum atomic E-state index is 0.330. The summed E-state index contributed by atoms with van der Waals surface area (Å²) in [5.41, 5.74) is 2.41. The maximum atomic E-state index is 12.6. The third kappa shape index (κ3) is 2.83. The topological polar surface area (TPSA) is 20.3 Å². The van der Waals surface area contributed by atoms with Crippen molar-refractivity contribution in [2.24, 2.45) is 5.92 Å². The third-order valence-corrected chi connectivity index (χ3v) is 4.57. The Morgan fingerprint density at radius 2 is 1.95 bits per heavy atom. The molecule has 1 atom stereocenters. The van der Waals surface area contributed by atoms with Gasteiger partial charge in [-0.05, 0) is 56.6 Å². The van der Waals surface area contributed by atoms with Crippen LogP contribution in [0.2, 0.25) is 0 Å². The van der Waals surface area contributed by atoms with Gasteiger partial charge in [-0.3, -0.25) is 4.79 Å². The number of benzene rings is 1. The number of hydrogen-bond donors (Lipinski definition) is 0. The van der Waals surface area contributed by atoms with Crippen molar-refractivity contribution in [3.05, 3.63) is 35.4 Å². The molecule has 3 rings (SSSR count).